The fraction of sp³-hybridized carbons (Fsp3) is 0.538. The lowest BCUT2D eigenvalue weighted by molar-refractivity contribution is 0.427. The van der Waals surface area contributed by atoms with Crippen molar-refractivity contribution in [3.05, 3.63) is 23.5 Å². The number of hydrogen-bond donors (Lipinski definition) is 1. The summed E-state index contributed by atoms with van der Waals surface area (Å²) in [7, 11) is -2.19. The highest BCUT2D eigenvalue weighted by Crippen LogP contribution is 2.23. The van der Waals surface area contributed by atoms with Crippen LogP contribution < -0.4 is 5.73 Å². The first kappa shape index (κ1) is 15.9. The average Bonchev–Trinajstić information content (AvgIpc) is 2.31. The predicted octanol–water partition coefficient (Wildman–Crippen LogP) is 2.38. The maximum Gasteiger partial charge on any atom is 0.242 e. The summed E-state index contributed by atoms with van der Waals surface area (Å²) in [4.78, 5) is -0.0978. The van der Waals surface area contributed by atoms with E-state index >= 15 is 0 Å². The molecule has 1 aromatic rings. The number of nitrogens with two attached hydrogens (primary N) is 1. The van der Waals surface area contributed by atoms with Gasteiger partial charge in [0.15, 0.2) is 0 Å². The lowest BCUT2D eigenvalue weighted by atomic mass is 10.1. The van der Waals surface area contributed by atoms with Gasteiger partial charge in [0, 0.05) is 24.8 Å². The zero-order chi connectivity index (χ0) is 14.8. The lowest BCUT2D eigenvalue weighted by Gasteiger charge is -2.19. The molecule has 0 fully saturated rings. The molecule has 0 unspecified atom stereocenters. The highest BCUT2D eigenvalue weighted by molar-refractivity contribution is 7.89. The van der Waals surface area contributed by atoms with E-state index in [1.165, 1.54) is 24.3 Å². The molecule has 0 aromatic heterocycles. The first-order chi connectivity index (χ1) is 8.66. The molecular weight excluding hydrogens is 267 g/mol. The van der Waals surface area contributed by atoms with Crippen LogP contribution in [-0.2, 0) is 10.0 Å². The number of benzene rings is 1. The standard InChI is InChI=1S/C13H21FN2O2S/c1-9(2)5-6-16(4)19(17,18)11-7-12(14)10(3)13(15)8-11/h7-9H,5-6,15H2,1-4H3. The van der Waals surface area contributed by atoms with Crippen LogP contribution in [0.2, 0.25) is 0 Å². The Balaban J connectivity index is 3.07. The van der Waals surface area contributed by atoms with E-state index in [4.69, 9.17) is 5.73 Å². The Morgan fingerprint density at radius 3 is 2.42 bits per heavy atom. The average molecular weight is 288 g/mol. The van der Waals surface area contributed by atoms with Gasteiger partial charge < -0.3 is 5.73 Å². The molecule has 0 atom stereocenters. The summed E-state index contributed by atoms with van der Waals surface area (Å²) in [5, 5.41) is 0. The third-order valence-corrected chi connectivity index (χ3v) is 4.92. The van der Waals surface area contributed by atoms with E-state index in [0.717, 1.165) is 12.5 Å². The van der Waals surface area contributed by atoms with Crippen LogP contribution in [-0.4, -0.2) is 26.3 Å². The third kappa shape index (κ3) is 3.67. The lowest BCUT2D eigenvalue weighted by Crippen LogP contribution is -2.29. The van der Waals surface area contributed by atoms with Crippen molar-refractivity contribution in [1.82, 2.24) is 4.31 Å². The van der Waals surface area contributed by atoms with Gasteiger partial charge in [0.1, 0.15) is 5.82 Å². The van der Waals surface area contributed by atoms with E-state index in [9.17, 15) is 12.8 Å². The molecule has 0 amide bonds. The summed E-state index contributed by atoms with van der Waals surface area (Å²) in [5.41, 5.74) is 6.03. The third-order valence-electron chi connectivity index (χ3n) is 3.09. The van der Waals surface area contributed by atoms with Crippen LogP contribution in [0.15, 0.2) is 17.0 Å². The van der Waals surface area contributed by atoms with Gasteiger partial charge in [0.2, 0.25) is 10.0 Å². The van der Waals surface area contributed by atoms with E-state index in [2.05, 4.69) is 0 Å². The van der Waals surface area contributed by atoms with E-state index in [1.54, 1.807) is 0 Å². The number of anilines is 1. The van der Waals surface area contributed by atoms with E-state index in [-0.39, 0.29) is 16.1 Å². The molecule has 0 saturated carbocycles. The highest BCUT2D eigenvalue weighted by atomic mass is 32.2. The largest absolute Gasteiger partial charge is 0.398 e. The Hall–Kier alpha value is -1.14. The normalized spacial score (nSPS) is 12.4. The van der Waals surface area contributed by atoms with Crippen molar-refractivity contribution in [2.24, 2.45) is 5.92 Å². The summed E-state index contributed by atoms with van der Waals surface area (Å²) in [6, 6.07) is 2.33. The Bertz CT molecular complexity index is 533. The van der Waals surface area contributed by atoms with Crippen molar-refractivity contribution in [2.45, 2.75) is 32.1 Å². The monoisotopic (exact) mass is 288 g/mol. The van der Waals surface area contributed by atoms with Crippen LogP contribution in [0.4, 0.5) is 10.1 Å². The number of nitrogens with zero attached hydrogens (tertiary/aromatic N) is 1. The van der Waals surface area contributed by atoms with Crippen molar-refractivity contribution >= 4 is 15.7 Å². The molecule has 0 radical (unpaired) electrons. The molecule has 0 aliphatic heterocycles. The van der Waals surface area contributed by atoms with Crippen LogP contribution in [0.1, 0.15) is 25.8 Å². The molecule has 0 bridgehead atoms. The first-order valence-corrected chi connectivity index (χ1v) is 7.62. The fourth-order valence-corrected chi connectivity index (χ4v) is 2.80. The topological polar surface area (TPSA) is 63.4 Å². The molecule has 0 spiro atoms. The Labute approximate surface area is 114 Å². The molecular formula is C13H21FN2O2S. The Morgan fingerprint density at radius 2 is 1.95 bits per heavy atom. The maximum atomic E-state index is 13.6. The number of halogens is 1. The van der Waals surface area contributed by atoms with Crippen LogP contribution in [0, 0.1) is 18.7 Å². The molecule has 19 heavy (non-hydrogen) atoms. The molecule has 4 nitrogen and oxygen atoms in total. The smallest absolute Gasteiger partial charge is 0.242 e. The van der Waals surface area contributed by atoms with Crippen LogP contribution >= 0.6 is 0 Å². The Kier molecular flexibility index (Phi) is 4.92. The minimum absolute atomic E-state index is 0.0978. The maximum absolute atomic E-state index is 13.6. The number of rotatable bonds is 5. The van der Waals surface area contributed by atoms with Gasteiger partial charge in [-0.1, -0.05) is 13.8 Å². The SMILES string of the molecule is Cc1c(N)cc(S(=O)(=O)N(C)CCC(C)C)cc1F. The molecule has 1 rings (SSSR count). The van der Waals surface area contributed by atoms with Crippen molar-refractivity contribution in [1.29, 1.82) is 0 Å². The number of hydrogen-bond acceptors (Lipinski definition) is 3. The van der Waals surface area contributed by atoms with Crippen LogP contribution in [0.25, 0.3) is 0 Å². The minimum atomic E-state index is -3.68. The van der Waals surface area contributed by atoms with Crippen molar-refractivity contribution in [3.8, 4) is 0 Å². The number of nitrogen functional groups attached to an aromatic ring is 1. The van der Waals surface area contributed by atoms with Gasteiger partial charge in [-0.2, -0.15) is 0 Å². The van der Waals surface area contributed by atoms with Gasteiger partial charge >= 0.3 is 0 Å². The van der Waals surface area contributed by atoms with Crippen LogP contribution in [0.5, 0.6) is 0 Å². The molecule has 2 N–H and O–H groups in total. The van der Waals surface area contributed by atoms with Gasteiger partial charge in [-0.05, 0) is 31.4 Å². The summed E-state index contributed by atoms with van der Waals surface area (Å²) < 4.78 is 39.3. The minimum Gasteiger partial charge on any atom is -0.398 e. The molecule has 0 aliphatic rings. The second-order valence-electron chi connectivity index (χ2n) is 5.13. The summed E-state index contributed by atoms with van der Waals surface area (Å²) in [6.45, 7) is 5.95. The van der Waals surface area contributed by atoms with Gasteiger partial charge in [-0.3, -0.25) is 0 Å². The molecule has 108 valence electrons. The molecule has 0 heterocycles. The van der Waals surface area contributed by atoms with Gasteiger partial charge in [0.25, 0.3) is 0 Å². The zero-order valence-corrected chi connectivity index (χ0v) is 12.6. The molecule has 1 aromatic carbocycles. The van der Waals surface area contributed by atoms with Crippen molar-refractivity contribution in [2.75, 3.05) is 19.3 Å². The second-order valence-corrected chi connectivity index (χ2v) is 7.17. The van der Waals surface area contributed by atoms with E-state index in [0.29, 0.717) is 12.5 Å². The number of sulfonamides is 1. The van der Waals surface area contributed by atoms with Gasteiger partial charge in [-0.15, -0.1) is 0 Å². The summed E-state index contributed by atoms with van der Waals surface area (Å²) in [5.74, 6) is -0.201. The van der Waals surface area contributed by atoms with E-state index in [1.807, 2.05) is 13.8 Å². The molecule has 0 aliphatic carbocycles. The van der Waals surface area contributed by atoms with Gasteiger partial charge in [0.05, 0.1) is 4.90 Å². The predicted molar refractivity (Wildman–Crippen MR) is 74.8 cm³/mol. The summed E-state index contributed by atoms with van der Waals surface area (Å²) in [6.07, 6.45) is 0.750. The van der Waals surface area contributed by atoms with Crippen molar-refractivity contribution < 1.29 is 12.8 Å². The van der Waals surface area contributed by atoms with Gasteiger partial charge in [-0.25, -0.2) is 17.1 Å². The first-order valence-electron chi connectivity index (χ1n) is 6.18. The van der Waals surface area contributed by atoms with E-state index < -0.39 is 15.8 Å². The van der Waals surface area contributed by atoms with Crippen molar-refractivity contribution in [3.63, 3.8) is 0 Å². The fourth-order valence-electron chi connectivity index (χ4n) is 1.56. The molecule has 0 saturated heterocycles. The quantitative estimate of drug-likeness (QED) is 0.846. The zero-order valence-electron chi connectivity index (χ0n) is 11.8. The highest BCUT2D eigenvalue weighted by Gasteiger charge is 2.22. The Morgan fingerprint density at radius 1 is 1.37 bits per heavy atom. The summed E-state index contributed by atoms with van der Waals surface area (Å²) >= 11 is 0. The van der Waals surface area contributed by atoms with Crippen LogP contribution in [0.3, 0.4) is 0 Å². The second kappa shape index (κ2) is 5.88. The molecule has 6 heteroatoms.